The van der Waals surface area contributed by atoms with E-state index in [-0.39, 0.29) is 0 Å². The van der Waals surface area contributed by atoms with Gasteiger partial charge in [0.1, 0.15) is 5.52 Å². The van der Waals surface area contributed by atoms with Gasteiger partial charge in [0.05, 0.1) is 5.52 Å². The minimum absolute atomic E-state index is 0.517. The molecule has 0 radical (unpaired) electrons. The van der Waals surface area contributed by atoms with Gasteiger partial charge in [-0.2, -0.15) is 0 Å². The number of aromatic nitrogens is 3. The van der Waals surface area contributed by atoms with Crippen LogP contribution in [-0.4, -0.2) is 14.4 Å². The van der Waals surface area contributed by atoms with Crippen molar-refractivity contribution in [2.24, 2.45) is 0 Å². The molecule has 0 aliphatic carbocycles. The minimum Gasteiger partial charge on any atom is -0.297 e. The summed E-state index contributed by atoms with van der Waals surface area (Å²) in [6.45, 7) is 2.00. The predicted molar refractivity (Wildman–Crippen MR) is 60.2 cm³/mol. The maximum Gasteiger partial charge on any atom is 0.163 e. The molecular formula is C11H8ClN3. The molecule has 0 saturated heterocycles. The molecule has 0 aromatic carbocycles. The Morgan fingerprint density at radius 1 is 1.33 bits per heavy atom. The van der Waals surface area contributed by atoms with Crippen molar-refractivity contribution in [2.75, 3.05) is 0 Å². The van der Waals surface area contributed by atoms with Crippen LogP contribution in [0.5, 0.6) is 0 Å². The monoisotopic (exact) mass is 217 g/mol. The van der Waals surface area contributed by atoms with Gasteiger partial charge in [-0.3, -0.25) is 4.40 Å². The first-order chi connectivity index (χ1) is 7.27. The topological polar surface area (TPSA) is 30.2 Å². The molecule has 0 bridgehead atoms. The van der Waals surface area contributed by atoms with Gasteiger partial charge in [0.25, 0.3) is 0 Å². The first-order valence-electron chi connectivity index (χ1n) is 4.65. The minimum atomic E-state index is 0.517. The van der Waals surface area contributed by atoms with E-state index in [1.807, 2.05) is 35.7 Å². The van der Waals surface area contributed by atoms with Crippen molar-refractivity contribution in [3.8, 4) is 0 Å². The Labute approximate surface area is 91.3 Å². The zero-order chi connectivity index (χ0) is 10.4. The van der Waals surface area contributed by atoms with E-state index in [1.54, 1.807) is 6.20 Å². The lowest BCUT2D eigenvalue weighted by Crippen LogP contribution is -1.95. The van der Waals surface area contributed by atoms with Crippen molar-refractivity contribution in [1.29, 1.82) is 0 Å². The Balaban J connectivity index is 2.66. The standard InChI is InChI=1S/C11H8ClN3/c1-7-4-5-13-11-9(7)14-10(12)8-3-2-6-15(8)11/h2-6H,1H3. The molecule has 0 spiro atoms. The second-order valence-corrected chi connectivity index (χ2v) is 3.82. The van der Waals surface area contributed by atoms with Crippen LogP contribution in [0, 0.1) is 6.92 Å². The number of pyridine rings is 1. The molecule has 15 heavy (non-hydrogen) atoms. The number of rotatable bonds is 0. The number of aryl methyl sites for hydroxylation is 1. The first kappa shape index (κ1) is 8.68. The summed E-state index contributed by atoms with van der Waals surface area (Å²) in [4.78, 5) is 8.68. The lowest BCUT2D eigenvalue weighted by Gasteiger charge is -2.04. The number of hydrogen-bond donors (Lipinski definition) is 0. The number of nitrogens with zero attached hydrogens (tertiary/aromatic N) is 3. The maximum absolute atomic E-state index is 6.09. The third-order valence-electron chi connectivity index (χ3n) is 2.50. The third-order valence-corrected chi connectivity index (χ3v) is 2.78. The molecule has 3 aromatic rings. The Hall–Kier alpha value is -1.61. The van der Waals surface area contributed by atoms with E-state index in [0.29, 0.717) is 5.15 Å². The summed E-state index contributed by atoms with van der Waals surface area (Å²) in [5.41, 5.74) is 3.67. The fraction of sp³-hybridized carbons (Fsp3) is 0.0909. The molecule has 3 nitrogen and oxygen atoms in total. The van der Waals surface area contributed by atoms with Gasteiger partial charge in [0.15, 0.2) is 10.8 Å². The van der Waals surface area contributed by atoms with Gasteiger partial charge in [0, 0.05) is 12.4 Å². The molecule has 3 heterocycles. The van der Waals surface area contributed by atoms with E-state index in [0.717, 1.165) is 22.2 Å². The lowest BCUT2D eigenvalue weighted by molar-refractivity contribution is 1.15. The molecule has 0 amide bonds. The van der Waals surface area contributed by atoms with E-state index >= 15 is 0 Å². The Morgan fingerprint density at radius 2 is 2.20 bits per heavy atom. The zero-order valence-corrected chi connectivity index (χ0v) is 8.86. The van der Waals surface area contributed by atoms with Crippen LogP contribution < -0.4 is 0 Å². The molecule has 74 valence electrons. The summed E-state index contributed by atoms with van der Waals surface area (Å²) in [6, 6.07) is 5.80. The van der Waals surface area contributed by atoms with Crippen molar-refractivity contribution in [3.63, 3.8) is 0 Å². The van der Waals surface area contributed by atoms with Gasteiger partial charge in [-0.05, 0) is 30.7 Å². The average molecular weight is 218 g/mol. The largest absolute Gasteiger partial charge is 0.297 e. The van der Waals surface area contributed by atoms with E-state index in [2.05, 4.69) is 9.97 Å². The predicted octanol–water partition coefficient (Wildman–Crippen LogP) is 2.84. The van der Waals surface area contributed by atoms with Gasteiger partial charge in [-0.15, -0.1) is 0 Å². The highest BCUT2D eigenvalue weighted by Gasteiger charge is 2.07. The zero-order valence-electron chi connectivity index (χ0n) is 8.11. The number of hydrogen-bond acceptors (Lipinski definition) is 2. The molecule has 0 N–H and O–H groups in total. The molecule has 0 saturated carbocycles. The smallest absolute Gasteiger partial charge is 0.163 e. The second-order valence-electron chi connectivity index (χ2n) is 3.47. The van der Waals surface area contributed by atoms with E-state index in [9.17, 15) is 0 Å². The normalized spacial score (nSPS) is 11.3. The van der Waals surface area contributed by atoms with Crippen LogP contribution in [0.25, 0.3) is 16.7 Å². The molecule has 0 aliphatic rings. The molecule has 0 unspecified atom stereocenters. The Morgan fingerprint density at radius 3 is 3.07 bits per heavy atom. The van der Waals surface area contributed by atoms with Gasteiger partial charge < -0.3 is 0 Å². The summed E-state index contributed by atoms with van der Waals surface area (Å²) >= 11 is 6.09. The van der Waals surface area contributed by atoms with Crippen molar-refractivity contribution in [3.05, 3.63) is 41.3 Å². The number of fused-ring (bicyclic) bond motifs is 3. The van der Waals surface area contributed by atoms with Crippen LogP contribution in [0.15, 0.2) is 30.6 Å². The van der Waals surface area contributed by atoms with Crippen LogP contribution in [0.3, 0.4) is 0 Å². The van der Waals surface area contributed by atoms with E-state index in [4.69, 9.17) is 11.6 Å². The fourth-order valence-electron chi connectivity index (χ4n) is 1.74. The summed E-state index contributed by atoms with van der Waals surface area (Å²) in [5, 5.41) is 0.517. The third kappa shape index (κ3) is 1.13. The number of halogens is 1. The second kappa shape index (κ2) is 2.94. The van der Waals surface area contributed by atoms with Gasteiger partial charge in [-0.1, -0.05) is 11.6 Å². The van der Waals surface area contributed by atoms with Gasteiger partial charge in [0.2, 0.25) is 0 Å². The molecule has 0 fully saturated rings. The van der Waals surface area contributed by atoms with Gasteiger partial charge in [-0.25, -0.2) is 9.97 Å². The molecule has 4 heteroatoms. The van der Waals surface area contributed by atoms with E-state index in [1.165, 1.54) is 0 Å². The SMILES string of the molecule is Cc1ccnc2c1nc(Cl)c1cccn12. The summed E-state index contributed by atoms with van der Waals surface area (Å²) in [6.07, 6.45) is 3.73. The molecule has 3 aromatic heterocycles. The summed E-state index contributed by atoms with van der Waals surface area (Å²) < 4.78 is 1.96. The Bertz CT molecular complexity index is 657. The quantitative estimate of drug-likeness (QED) is 0.580. The highest BCUT2D eigenvalue weighted by atomic mass is 35.5. The van der Waals surface area contributed by atoms with Crippen molar-refractivity contribution >= 4 is 28.3 Å². The van der Waals surface area contributed by atoms with Crippen molar-refractivity contribution in [1.82, 2.24) is 14.4 Å². The molecule has 0 atom stereocenters. The van der Waals surface area contributed by atoms with E-state index < -0.39 is 0 Å². The van der Waals surface area contributed by atoms with Crippen LogP contribution in [-0.2, 0) is 0 Å². The van der Waals surface area contributed by atoms with Crippen LogP contribution >= 0.6 is 11.6 Å². The molecule has 3 rings (SSSR count). The molecular weight excluding hydrogens is 210 g/mol. The maximum atomic E-state index is 6.09. The van der Waals surface area contributed by atoms with Crippen molar-refractivity contribution < 1.29 is 0 Å². The van der Waals surface area contributed by atoms with Crippen LogP contribution in [0.4, 0.5) is 0 Å². The fourth-order valence-corrected chi connectivity index (χ4v) is 1.98. The summed E-state index contributed by atoms with van der Waals surface area (Å²) in [5.74, 6) is 0. The van der Waals surface area contributed by atoms with Crippen molar-refractivity contribution in [2.45, 2.75) is 6.92 Å². The Kier molecular flexibility index (Phi) is 1.70. The lowest BCUT2D eigenvalue weighted by atomic mass is 10.2. The summed E-state index contributed by atoms with van der Waals surface area (Å²) in [7, 11) is 0. The van der Waals surface area contributed by atoms with Crippen LogP contribution in [0.1, 0.15) is 5.56 Å². The molecule has 0 aliphatic heterocycles. The van der Waals surface area contributed by atoms with Crippen LogP contribution in [0.2, 0.25) is 5.15 Å². The highest BCUT2D eigenvalue weighted by Crippen LogP contribution is 2.22. The first-order valence-corrected chi connectivity index (χ1v) is 5.03. The highest BCUT2D eigenvalue weighted by molar-refractivity contribution is 6.33. The average Bonchev–Trinajstić information content (AvgIpc) is 2.69. The van der Waals surface area contributed by atoms with Gasteiger partial charge >= 0.3 is 0 Å².